The number of hydrogen-bond acceptors (Lipinski definition) is 3. The number of methoxy groups -OCH3 is 2. The average Bonchev–Trinajstić information content (AvgIpc) is 2.98. The molecule has 2 aromatic rings. The molecule has 2 aromatic carbocycles. The van der Waals surface area contributed by atoms with Crippen molar-refractivity contribution in [2.24, 2.45) is 0 Å². The highest BCUT2D eigenvalue weighted by atomic mass is 16.5. The van der Waals surface area contributed by atoms with E-state index >= 15 is 0 Å². The van der Waals surface area contributed by atoms with Crippen LogP contribution < -0.4 is 9.47 Å². The zero-order valence-corrected chi connectivity index (χ0v) is 15.2. The molecule has 0 atom stereocenters. The van der Waals surface area contributed by atoms with Crippen LogP contribution >= 0.6 is 0 Å². The normalized spacial score (nSPS) is 13.8. The summed E-state index contributed by atoms with van der Waals surface area (Å²) < 4.78 is 10.8. The van der Waals surface area contributed by atoms with Crippen molar-refractivity contribution in [2.45, 2.75) is 39.8 Å². The molecule has 0 N–H and O–H groups in total. The predicted octanol–water partition coefficient (Wildman–Crippen LogP) is 4.27. The van der Waals surface area contributed by atoms with Crippen LogP contribution in [0.2, 0.25) is 0 Å². The van der Waals surface area contributed by atoms with Crippen molar-refractivity contribution >= 4 is 0 Å². The number of hydrogen-bond donors (Lipinski definition) is 0. The molecule has 3 heteroatoms. The van der Waals surface area contributed by atoms with Crippen LogP contribution in [0.25, 0.3) is 0 Å². The highest BCUT2D eigenvalue weighted by Gasteiger charge is 2.21. The van der Waals surface area contributed by atoms with Crippen molar-refractivity contribution in [3.8, 4) is 11.5 Å². The van der Waals surface area contributed by atoms with Gasteiger partial charge in [0.15, 0.2) is 11.5 Å². The molecule has 0 amide bonds. The van der Waals surface area contributed by atoms with Gasteiger partial charge in [0.05, 0.1) is 14.2 Å². The van der Waals surface area contributed by atoms with E-state index in [9.17, 15) is 0 Å². The third-order valence-electron chi connectivity index (χ3n) is 5.00. The van der Waals surface area contributed by atoms with Gasteiger partial charge in [0.1, 0.15) is 0 Å². The molecule has 128 valence electrons. The molecule has 3 nitrogen and oxygen atoms in total. The first-order valence-electron chi connectivity index (χ1n) is 8.63. The van der Waals surface area contributed by atoms with Crippen LogP contribution in [0.1, 0.15) is 34.2 Å². The first-order valence-corrected chi connectivity index (χ1v) is 8.63. The van der Waals surface area contributed by atoms with Crippen molar-refractivity contribution < 1.29 is 9.47 Å². The van der Waals surface area contributed by atoms with E-state index in [-0.39, 0.29) is 0 Å². The van der Waals surface area contributed by atoms with Gasteiger partial charge in [-0.1, -0.05) is 18.2 Å². The fourth-order valence-electron chi connectivity index (χ4n) is 3.42. The van der Waals surface area contributed by atoms with E-state index in [1.54, 1.807) is 14.2 Å². The van der Waals surface area contributed by atoms with Crippen LogP contribution in [-0.2, 0) is 19.5 Å². The zero-order chi connectivity index (χ0) is 17.1. The zero-order valence-electron chi connectivity index (χ0n) is 15.2. The smallest absolute Gasteiger partial charge is 0.161 e. The van der Waals surface area contributed by atoms with Gasteiger partial charge >= 0.3 is 0 Å². The second-order valence-corrected chi connectivity index (χ2v) is 6.71. The van der Waals surface area contributed by atoms with E-state index in [4.69, 9.17) is 9.47 Å². The van der Waals surface area contributed by atoms with E-state index in [1.807, 2.05) is 0 Å². The molecule has 0 saturated carbocycles. The van der Waals surface area contributed by atoms with Gasteiger partial charge in [-0.15, -0.1) is 0 Å². The van der Waals surface area contributed by atoms with Gasteiger partial charge in [-0.05, 0) is 73.2 Å². The van der Waals surface area contributed by atoms with Crippen molar-refractivity contribution in [3.63, 3.8) is 0 Å². The lowest BCUT2D eigenvalue weighted by molar-refractivity contribution is 0.280. The van der Waals surface area contributed by atoms with E-state index in [2.05, 4.69) is 49.1 Å². The molecule has 0 saturated heterocycles. The molecule has 0 fully saturated rings. The van der Waals surface area contributed by atoms with Crippen LogP contribution in [-0.4, -0.2) is 25.7 Å². The van der Waals surface area contributed by atoms with E-state index in [1.165, 1.54) is 34.2 Å². The Kier molecular flexibility index (Phi) is 5.10. The molecule has 1 heterocycles. The third-order valence-corrected chi connectivity index (χ3v) is 5.00. The number of aryl methyl sites for hydroxylation is 3. The Balaban J connectivity index is 1.57. The predicted molar refractivity (Wildman–Crippen MR) is 97.9 cm³/mol. The summed E-state index contributed by atoms with van der Waals surface area (Å²) in [6.07, 6.45) is 2.32. The second kappa shape index (κ2) is 7.27. The summed E-state index contributed by atoms with van der Waals surface area (Å²) in [6.45, 7) is 7.48. The lowest BCUT2D eigenvalue weighted by Gasteiger charge is -2.14. The molecule has 3 rings (SSSR count). The molecule has 0 radical (unpaired) electrons. The van der Waals surface area contributed by atoms with Crippen molar-refractivity contribution in [2.75, 3.05) is 20.8 Å². The van der Waals surface area contributed by atoms with Gasteiger partial charge in [-0.25, -0.2) is 0 Å². The Morgan fingerprint density at radius 3 is 2.04 bits per heavy atom. The standard InChI is InChI=1S/C21H27NO2/c1-15-7-8-17(10-16(15)2)6-5-9-22-13-18-11-20(23-3)21(24-4)12-19(18)14-22/h7-8,10-12H,5-6,9,13-14H2,1-4H3. The maximum absolute atomic E-state index is 5.41. The fraction of sp³-hybridized carbons (Fsp3) is 0.429. The summed E-state index contributed by atoms with van der Waals surface area (Å²) in [4.78, 5) is 2.50. The first kappa shape index (κ1) is 16.8. The summed E-state index contributed by atoms with van der Waals surface area (Å²) in [6, 6.07) is 11.1. The van der Waals surface area contributed by atoms with Crippen LogP contribution in [0, 0.1) is 13.8 Å². The summed E-state index contributed by atoms with van der Waals surface area (Å²) >= 11 is 0. The largest absolute Gasteiger partial charge is 0.493 e. The van der Waals surface area contributed by atoms with Crippen LogP contribution in [0.4, 0.5) is 0 Å². The maximum atomic E-state index is 5.41. The monoisotopic (exact) mass is 325 g/mol. The molecule has 1 aliphatic rings. The van der Waals surface area contributed by atoms with Gasteiger partial charge in [-0.3, -0.25) is 4.90 Å². The highest BCUT2D eigenvalue weighted by molar-refractivity contribution is 5.48. The van der Waals surface area contributed by atoms with E-state index in [0.717, 1.165) is 37.6 Å². The number of benzene rings is 2. The Hall–Kier alpha value is -2.00. The summed E-state index contributed by atoms with van der Waals surface area (Å²) in [7, 11) is 3.39. The number of nitrogens with zero attached hydrogens (tertiary/aromatic N) is 1. The Morgan fingerprint density at radius 1 is 0.875 bits per heavy atom. The molecule has 0 aromatic heterocycles. The first-order chi connectivity index (χ1) is 11.6. The average molecular weight is 325 g/mol. The minimum atomic E-state index is 0.827. The molecular formula is C21H27NO2. The van der Waals surface area contributed by atoms with Gasteiger partial charge < -0.3 is 9.47 Å². The van der Waals surface area contributed by atoms with Gasteiger partial charge in [0.25, 0.3) is 0 Å². The number of rotatable bonds is 6. The highest BCUT2D eigenvalue weighted by Crippen LogP contribution is 2.34. The topological polar surface area (TPSA) is 21.7 Å². The van der Waals surface area contributed by atoms with Gasteiger partial charge in [-0.2, -0.15) is 0 Å². The SMILES string of the molecule is COc1cc2c(cc1OC)CN(CCCc1ccc(C)c(C)c1)C2. The number of ether oxygens (including phenoxy) is 2. The maximum Gasteiger partial charge on any atom is 0.161 e. The van der Waals surface area contributed by atoms with Crippen molar-refractivity contribution in [1.29, 1.82) is 0 Å². The molecule has 0 unspecified atom stereocenters. The van der Waals surface area contributed by atoms with E-state index in [0.29, 0.717) is 0 Å². The van der Waals surface area contributed by atoms with Crippen LogP contribution in [0.5, 0.6) is 11.5 Å². The van der Waals surface area contributed by atoms with Gasteiger partial charge in [0.2, 0.25) is 0 Å². The van der Waals surface area contributed by atoms with E-state index < -0.39 is 0 Å². The lowest BCUT2D eigenvalue weighted by atomic mass is 10.0. The Labute approximate surface area is 145 Å². The summed E-state index contributed by atoms with van der Waals surface area (Å²) in [5.41, 5.74) is 6.92. The Bertz CT molecular complexity index is 691. The van der Waals surface area contributed by atoms with Crippen molar-refractivity contribution in [1.82, 2.24) is 4.90 Å². The minimum absolute atomic E-state index is 0.827. The molecule has 24 heavy (non-hydrogen) atoms. The molecule has 0 aliphatic carbocycles. The fourth-order valence-corrected chi connectivity index (χ4v) is 3.42. The minimum Gasteiger partial charge on any atom is -0.493 e. The lowest BCUT2D eigenvalue weighted by Crippen LogP contribution is -2.18. The third kappa shape index (κ3) is 3.57. The molecular weight excluding hydrogens is 298 g/mol. The summed E-state index contributed by atoms with van der Waals surface area (Å²) in [5, 5.41) is 0. The summed E-state index contributed by atoms with van der Waals surface area (Å²) in [5.74, 6) is 1.65. The van der Waals surface area contributed by atoms with Crippen molar-refractivity contribution in [3.05, 3.63) is 58.1 Å². The van der Waals surface area contributed by atoms with Crippen LogP contribution in [0.15, 0.2) is 30.3 Å². The quantitative estimate of drug-likeness (QED) is 0.792. The number of fused-ring (bicyclic) bond motifs is 1. The van der Waals surface area contributed by atoms with Gasteiger partial charge in [0, 0.05) is 13.1 Å². The molecule has 0 bridgehead atoms. The second-order valence-electron chi connectivity index (χ2n) is 6.71. The van der Waals surface area contributed by atoms with Crippen LogP contribution in [0.3, 0.4) is 0 Å². The molecule has 1 aliphatic heterocycles. The Morgan fingerprint density at radius 2 is 1.50 bits per heavy atom. The molecule has 0 spiro atoms.